The molecule has 0 spiro atoms. The first-order chi connectivity index (χ1) is 16.3. The molecule has 1 fully saturated rings. The van der Waals surface area contributed by atoms with Crippen molar-refractivity contribution < 1.29 is 29.2 Å². The van der Waals surface area contributed by atoms with E-state index in [4.69, 9.17) is 14.2 Å². The van der Waals surface area contributed by atoms with Crippen LogP contribution in [0.4, 0.5) is 0 Å². The molecule has 0 bridgehead atoms. The van der Waals surface area contributed by atoms with E-state index in [1.165, 1.54) is 0 Å². The van der Waals surface area contributed by atoms with Gasteiger partial charge in [0, 0.05) is 19.0 Å². The van der Waals surface area contributed by atoms with Crippen molar-refractivity contribution in [3.63, 3.8) is 0 Å². The van der Waals surface area contributed by atoms with Crippen LogP contribution in [0.2, 0.25) is 0 Å². The second-order valence-corrected chi connectivity index (χ2v) is 8.85. The van der Waals surface area contributed by atoms with Crippen LogP contribution in [0.25, 0.3) is 11.0 Å². The fourth-order valence-corrected chi connectivity index (χ4v) is 4.80. The van der Waals surface area contributed by atoms with Crippen molar-refractivity contribution in [2.45, 2.75) is 57.3 Å². The molecule has 0 radical (unpaired) electrons. The van der Waals surface area contributed by atoms with E-state index in [-0.39, 0.29) is 11.7 Å². The second-order valence-electron chi connectivity index (χ2n) is 8.85. The summed E-state index contributed by atoms with van der Waals surface area (Å²) < 4.78 is 19.3. The molecule has 0 aliphatic heterocycles. The van der Waals surface area contributed by atoms with E-state index < -0.39 is 18.2 Å². The molecule has 8 heteroatoms. The lowest BCUT2D eigenvalue weighted by molar-refractivity contribution is -0.0763. The van der Waals surface area contributed by atoms with E-state index in [1.54, 1.807) is 26.4 Å². The van der Waals surface area contributed by atoms with E-state index >= 15 is 0 Å². The number of fused-ring (bicyclic) bond motifs is 1. The van der Waals surface area contributed by atoms with Crippen LogP contribution in [0.1, 0.15) is 59.1 Å². The summed E-state index contributed by atoms with van der Waals surface area (Å²) in [5, 5.41) is 21.0. The number of benzene rings is 2. The average Bonchev–Trinajstić information content (AvgIpc) is 3.46. The topological polar surface area (TPSA) is 103 Å². The Bertz CT molecular complexity index is 1160. The molecule has 2 atom stereocenters. The molecule has 2 aromatic carbocycles. The van der Waals surface area contributed by atoms with Crippen molar-refractivity contribution in [2.24, 2.45) is 7.05 Å². The SMILES string of the molecule is COc1cc([C@@H](O)[C@H](Cc2nc3c(C(=O)O)cccc3n2C)OC2CCCC2)cc(OC)c1C. The Morgan fingerprint density at radius 2 is 1.82 bits per heavy atom. The minimum atomic E-state index is -1.02. The van der Waals surface area contributed by atoms with Crippen LogP contribution in [0.5, 0.6) is 11.5 Å². The lowest BCUT2D eigenvalue weighted by atomic mass is 9.98. The maximum Gasteiger partial charge on any atom is 0.337 e. The number of ether oxygens (including phenoxy) is 3. The van der Waals surface area contributed by atoms with Gasteiger partial charge in [0.25, 0.3) is 0 Å². The van der Waals surface area contributed by atoms with E-state index in [0.717, 1.165) is 36.8 Å². The number of methoxy groups -OCH3 is 2. The Kier molecular flexibility index (Phi) is 7.09. The molecule has 1 aromatic heterocycles. The standard InChI is InChI=1S/C26H32N2O6/c1-15-20(32-3)12-16(13-21(15)33-4)25(29)22(34-17-8-5-6-9-17)14-23-27-24-18(26(30)31)10-7-11-19(24)28(23)2/h7,10-13,17,22,25,29H,5-6,8-9,14H2,1-4H3,(H,30,31)/t22-,25+/m0/s1. The highest BCUT2D eigenvalue weighted by Gasteiger charge is 2.30. The first kappa shape index (κ1) is 24.0. The number of rotatable bonds is 9. The Morgan fingerprint density at radius 3 is 2.41 bits per heavy atom. The van der Waals surface area contributed by atoms with Crippen LogP contribution < -0.4 is 9.47 Å². The molecule has 8 nitrogen and oxygen atoms in total. The third-order valence-corrected chi connectivity index (χ3v) is 6.76. The van der Waals surface area contributed by atoms with Gasteiger partial charge in [0.05, 0.1) is 37.5 Å². The molecule has 2 N–H and O–H groups in total. The number of aromatic carboxylic acids is 1. The highest BCUT2D eigenvalue weighted by atomic mass is 16.5. The van der Waals surface area contributed by atoms with Gasteiger partial charge in [-0.05, 0) is 49.6 Å². The van der Waals surface area contributed by atoms with Gasteiger partial charge < -0.3 is 29.0 Å². The molecular weight excluding hydrogens is 436 g/mol. The Morgan fingerprint density at radius 1 is 1.18 bits per heavy atom. The molecule has 1 heterocycles. The number of imidazole rings is 1. The van der Waals surface area contributed by atoms with Crippen molar-refractivity contribution in [2.75, 3.05) is 14.2 Å². The summed E-state index contributed by atoms with van der Waals surface area (Å²) in [6, 6.07) is 8.73. The predicted octanol–water partition coefficient (Wildman–Crippen LogP) is 4.20. The number of hydrogen-bond acceptors (Lipinski definition) is 6. The van der Waals surface area contributed by atoms with Crippen molar-refractivity contribution in [1.29, 1.82) is 0 Å². The monoisotopic (exact) mass is 468 g/mol. The molecule has 0 amide bonds. The first-order valence-electron chi connectivity index (χ1n) is 11.6. The molecule has 1 aliphatic carbocycles. The summed E-state index contributed by atoms with van der Waals surface area (Å²) in [6.45, 7) is 1.90. The van der Waals surface area contributed by atoms with Crippen LogP contribution >= 0.6 is 0 Å². The molecule has 0 saturated heterocycles. The molecule has 0 unspecified atom stereocenters. The lowest BCUT2D eigenvalue weighted by Crippen LogP contribution is -2.30. The third kappa shape index (κ3) is 4.60. The quantitative estimate of drug-likeness (QED) is 0.485. The van der Waals surface area contributed by atoms with Gasteiger partial charge in [0.2, 0.25) is 0 Å². The fourth-order valence-electron chi connectivity index (χ4n) is 4.80. The summed E-state index contributed by atoms with van der Waals surface area (Å²) in [7, 11) is 5.03. The fraction of sp³-hybridized carbons (Fsp3) is 0.462. The molecular formula is C26H32N2O6. The zero-order chi connectivity index (χ0) is 24.4. The van der Waals surface area contributed by atoms with Crippen LogP contribution in [-0.2, 0) is 18.2 Å². The largest absolute Gasteiger partial charge is 0.496 e. The highest BCUT2D eigenvalue weighted by Crippen LogP contribution is 2.35. The maximum absolute atomic E-state index is 11.7. The van der Waals surface area contributed by atoms with Crippen molar-refractivity contribution >= 4 is 17.0 Å². The number of carboxylic acid groups (broad SMARTS) is 1. The number of para-hydroxylation sites is 1. The number of aryl methyl sites for hydroxylation is 1. The molecule has 1 saturated carbocycles. The number of aromatic nitrogens is 2. The van der Waals surface area contributed by atoms with Crippen LogP contribution in [0.15, 0.2) is 30.3 Å². The predicted molar refractivity (Wildman–Crippen MR) is 128 cm³/mol. The molecule has 3 aromatic rings. The normalized spacial score (nSPS) is 16.0. The van der Waals surface area contributed by atoms with Crippen molar-refractivity contribution in [3.05, 3.63) is 52.8 Å². The van der Waals surface area contributed by atoms with Gasteiger partial charge in [-0.25, -0.2) is 9.78 Å². The third-order valence-electron chi connectivity index (χ3n) is 6.76. The van der Waals surface area contributed by atoms with Gasteiger partial charge >= 0.3 is 5.97 Å². The maximum atomic E-state index is 11.7. The van der Waals surface area contributed by atoms with Gasteiger partial charge in [-0.3, -0.25) is 0 Å². The van der Waals surface area contributed by atoms with Crippen LogP contribution in [0, 0.1) is 6.92 Å². The summed E-state index contributed by atoms with van der Waals surface area (Å²) in [4.78, 5) is 16.3. The lowest BCUT2D eigenvalue weighted by Gasteiger charge is -2.27. The summed E-state index contributed by atoms with van der Waals surface area (Å²) in [5.41, 5.74) is 2.79. The zero-order valence-electron chi connectivity index (χ0n) is 20.1. The van der Waals surface area contributed by atoms with Crippen molar-refractivity contribution in [1.82, 2.24) is 9.55 Å². The Balaban J connectivity index is 1.72. The van der Waals surface area contributed by atoms with Gasteiger partial charge in [-0.1, -0.05) is 18.9 Å². The number of carboxylic acids is 1. The Hall–Kier alpha value is -3.10. The number of aliphatic hydroxyl groups is 1. The molecule has 34 heavy (non-hydrogen) atoms. The average molecular weight is 469 g/mol. The number of aliphatic hydroxyl groups excluding tert-OH is 1. The molecule has 1 aliphatic rings. The van der Waals surface area contributed by atoms with E-state index in [1.807, 2.05) is 36.7 Å². The van der Waals surface area contributed by atoms with Gasteiger partial charge in [0.15, 0.2) is 0 Å². The second kappa shape index (κ2) is 10.0. The van der Waals surface area contributed by atoms with E-state index in [9.17, 15) is 15.0 Å². The first-order valence-corrected chi connectivity index (χ1v) is 11.6. The van der Waals surface area contributed by atoms with E-state index in [2.05, 4.69) is 4.98 Å². The minimum absolute atomic E-state index is 0.0677. The molecule has 182 valence electrons. The number of nitrogens with zero attached hydrogens (tertiary/aromatic N) is 2. The summed E-state index contributed by atoms with van der Waals surface area (Å²) >= 11 is 0. The smallest absolute Gasteiger partial charge is 0.337 e. The van der Waals surface area contributed by atoms with E-state index in [0.29, 0.717) is 34.8 Å². The number of hydrogen-bond donors (Lipinski definition) is 2. The van der Waals surface area contributed by atoms with Gasteiger partial charge in [-0.2, -0.15) is 0 Å². The highest BCUT2D eigenvalue weighted by molar-refractivity contribution is 6.01. The summed E-state index contributed by atoms with van der Waals surface area (Å²) in [5.74, 6) is 0.883. The van der Waals surface area contributed by atoms with Crippen LogP contribution in [-0.4, -0.2) is 52.2 Å². The minimum Gasteiger partial charge on any atom is -0.496 e. The van der Waals surface area contributed by atoms with Gasteiger partial charge in [-0.15, -0.1) is 0 Å². The zero-order valence-corrected chi connectivity index (χ0v) is 20.1. The molecule has 4 rings (SSSR count). The van der Waals surface area contributed by atoms with Gasteiger partial charge in [0.1, 0.15) is 28.9 Å². The summed E-state index contributed by atoms with van der Waals surface area (Å²) in [6.07, 6.45) is 2.97. The van der Waals surface area contributed by atoms with Crippen molar-refractivity contribution in [3.8, 4) is 11.5 Å². The number of carbonyl (C=O) groups is 1. The van der Waals surface area contributed by atoms with Crippen LogP contribution in [0.3, 0.4) is 0 Å². The Labute approximate surface area is 199 Å².